The van der Waals surface area contributed by atoms with E-state index in [4.69, 9.17) is 33.4 Å². The first-order chi connectivity index (χ1) is 9.52. The van der Waals surface area contributed by atoms with E-state index in [0.29, 0.717) is 36.0 Å². The summed E-state index contributed by atoms with van der Waals surface area (Å²) in [5.41, 5.74) is 1.02. The first-order valence-electron chi connectivity index (χ1n) is 6.52. The van der Waals surface area contributed by atoms with E-state index in [1.54, 1.807) is 6.07 Å². The van der Waals surface area contributed by atoms with Gasteiger partial charge in [0, 0.05) is 26.1 Å². The van der Waals surface area contributed by atoms with E-state index in [1.165, 1.54) is 0 Å². The van der Waals surface area contributed by atoms with Crippen LogP contribution in [0.5, 0.6) is 0 Å². The number of aliphatic hydroxyl groups is 1. The Labute approximate surface area is 128 Å². The van der Waals surface area contributed by atoms with Crippen LogP contribution in [0.15, 0.2) is 18.2 Å². The summed E-state index contributed by atoms with van der Waals surface area (Å²) in [6, 6.07) is 5.46. The summed E-state index contributed by atoms with van der Waals surface area (Å²) in [6.07, 6.45) is 1.40. The number of rotatable bonds is 9. The quantitative estimate of drug-likeness (QED) is 0.734. The molecule has 6 heteroatoms. The monoisotopic (exact) mass is 319 g/mol. The molecular formula is C14H19Cl2NO3. The Bertz CT molecular complexity index is 440. The van der Waals surface area contributed by atoms with Crippen LogP contribution in [0.3, 0.4) is 0 Å². The number of benzene rings is 1. The van der Waals surface area contributed by atoms with Crippen LogP contribution < -0.4 is 0 Å². The number of hydrogen-bond acceptors (Lipinski definition) is 3. The van der Waals surface area contributed by atoms with E-state index in [-0.39, 0.29) is 13.0 Å². The van der Waals surface area contributed by atoms with E-state index >= 15 is 0 Å². The van der Waals surface area contributed by atoms with Crippen molar-refractivity contribution in [3.63, 3.8) is 0 Å². The molecule has 0 radical (unpaired) electrons. The zero-order valence-corrected chi connectivity index (χ0v) is 12.7. The van der Waals surface area contributed by atoms with Crippen LogP contribution in [0.25, 0.3) is 0 Å². The molecule has 112 valence electrons. The lowest BCUT2D eigenvalue weighted by molar-refractivity contribution is -0.137. The summed E-state index contributed by atoms with van der Waals surface area (Å²) in [6.45, 7) is 2.18. The van der Waals surface area contributed by atoms with Crippen LogP contribution in [0.4, 0.5) is 0 Å². The molecular weight excluding hydrogens is 301 g/mol. The minimum atomic E-state index is -0.790. The van der Waals surface area contributed by atoms with Gasteiger partial charge in [-0.1, -0.05) is 29.3 Å². The van der Waals surface area contributed by atoms with Crippen molar-refractivity contribution in [1.82, 2.24) is 4.90 Å². The van der Waals surface area contributed by atoms with Gasteiger partial charge in [0.2, 0.25) is 0 Å². The predicted octanol–water partition coefficient (Wildman–Crippen LogP) is 3.04. The van der Waals surface area contributed by atoms with Gasteiger partial charge in [-0.05, 0) is 37.1 Å². The van der Waals surface area contributed by atoms with E-state index in [0.717, 1.165) is 12.1 Å². The summed E-state index contributed by atoms with van der Waals surface area (Å²) in [4.78, 5) is 12.7. The zero-order chi connectivity index (χ0) is 15.0. The first-order valence-corrected chi connectivity index (χ1v) is 7.27. The average molecular weight is 320 g/mol. The van der Waals surface area contributed by atoms with Gasteiger partial charge in [0.25, 0.3) is 0 Å². The van der Waals surface area contributed by atoms with Crippen molar-refractivity contribution in [2.75, 3.05) is 19.7 Å². The number of carboxylic acid groups (broad SMARTS) is 1. The normalized spacial score (nSPS) is 11.0. The lowest BCUT2D eigenvalue weighted by atomic mass is 10.2. The largest absolute Gasteiger partial charge is 0.481 e. The number of carbonyl (C=O) groups is 1. The molecule has 4 nitrogen and oxygen atoms in total. The van der Waals surface area contributed by atoms with Crippen molar-refractivity contribution in [3.05, 3.63) is 33.8 Å². The lowest BCUT2D eigenvalue weighted by Crippen LogP contribution is -2.26. The molecule has 0 aromatic heterocycles. The molecule has 0 heterocycles. The fourth-order valence-corrected chi connectivity index (χ4v) is 2.23. The van der Waals surface area contributed by atoms with Crippen LogP contribution in [0, 0.1) is 0 Å². The number of nitrogens with zero attached hydrogens (tertiary/aromatic N) is 1. The topological polar surface area (TPSA) is 60.8 Å². The van der Waals surface area contributed by atoms with E-state index in [2.05, 4.69) is 4.90 Å². The number of aliphatic carboxylic acids is 1. The molecule has 1 rings (SSSR count). The Kier molecular flexibility index (Phi) is 7.92. The van der Waals surface area contributed by atoms with Crippen LogP contribution >= 0.6 is 23.2 Å². The molecule has 0 amide bonds. The standard InChI is InChI=1S/C14H19Cl2NO3/c15-12-5-4-11(9-13(12)16)10-17(7-2-8-18)6-1-3-14(19)20/h4-5,9,18H,1-3,6-8,10H2,(H,19,20). The molecule has 1 aromatic rings. The Morgan fingerprint density at radius 2 is 1.85 bits per heavy atom. The van der Waals surface area contributed by atoms with Gasteiger partial charge in [-0.2, -0.15) is 0 Å². The van der Waals surface area contributed by atoms with Crippen molar-refractivity contribution in [3.8, 4) is 0 Å². The molecule has 0 bridgehead atoms. The molecule has 0 atom stereocenters. The SMILES string of the molecule is O=C(O)CCCN(CCCO)Cc1ccc(Cl)c(Cl)c1. The smallest absolute Gasteiger partial charge is 0.303 e. The third kappa shape index (κ3) is 6.57. The van der Waals surface area contributed by atoms with Crippen LogP contribution in [0.2, 0.25) is 10.0 Å². The molecule has 0 aliphatic heterocycles. The van der Waals surface area contributed by atoms with Gasteiger partial charge < -0.3 is 10.2 Å². The summed E-state index contributed by atoms with van der Waals surface area (Å²) in [7, 11) is 0. The molecule has 0 saturated carbocycles. The molecule has 0 unspecified atom stereocenters. The van der Waals surface area contributed by atoms with E-state index < -0.39 is 5.97 Å². The molecule has 2 N–H and O–H groups in total. The Balaban J connectivity index is 2.57. The molecule has 0 aliphatic carbocycles. The van der Waals surface area contributed by atoms with E-state index in [1.807, 2.05) is 12.1 Å². The van der Waals surface area contributed by atoms with Crippen LogP contribution in [-0.4, -0.2) is 40.8 Å². The number of hydrogen-bond donors (Lipinski definition) is 2. The van der Waals surface area contributed by atoms with Gasteiger partial charge >= 0.3 is 5.97 Å². The lowest BCUT2D eigenvalue weighted by Gasteiger charge is -2.22. The second-order valence-corrected chi connectivity index (χ2v) is 5.41. The Morgan fingerprint density at radius 1 is 1.15 bits per heavy atom. The van der Waals surface area contributed by atoms with Crippen molar-refractivity contribution in [1.29, 1.82) is 0 Å². The van der Waals surface area contributed by atoms with Gasteiger partial charge in [-0.25, -0.2) is 0 Å². The van der Waals surface area contributed by atoms with Crippen molar-refractivity contribution in [2.24, 2.45) is 0 Å². The molecule has 20 heavy (non-hydrogen) atoms. The third-order valence-corrected chi connectivity index (χ3v) is 3.63. The molecule has 0 aliphatic rings. The average Bonchev–Trinajstić information content (AvgIpc) is 2.39. The van der Waals surface area contributed by atoms with Gasteiger partial charge in [0.1, 0.15) is 0 Å². The highest BCUT2D eigenvalue weighted by atomic mass is 35.5. The Hall–Kier alpha value is -0.810. The van der Waals surface area contributed by atoms with Crippen molar-refractivity contribution < 1.29 is 15.0 Å². The highest BCUT2D eigenvalue weighted by Crippen LogP contribution is 2.23. The minimum Gasteiger partial charge on any atom is -0.481 e. The van der Waals surface area contributed by atoms with Gasteiger partial charge in [-0.15, -0.1) is 0 Å². The zero-order valence-electron chi connectivity index (χ0n) is 11.2. The number of aliphatic hydroxyl groups excluding tert-OH is 1. The van der Waals surface area contributed by atoms with Crippen LogP contribution in [-0.2, 0) is 11.3 Å². The third-order valence-electron chi connectivity index (χ3n) is 2.89. The molecule has 0 fully saturated rings. The van der Waals surface area contributed by atoms with Crippen molar-refractivity contribution in [2.45, 2.75) is 25.8 Å². The van der Waals surface area contributed by atoms with Crippen molar-refractivity contribution >= 4 is 29.2 Å². The maximum absolute atomic E-state index is 10.5. The maximum atomic E-state index is 10.5. The highest BCUT2D eigenvalue weighted by Gasteiger charge is 2.08. The van der Waals surface area contributed by atoms with Gasteiger partial charge in [0.05, 0.1) is 10.0 Å². The second-order valence-electron chi connectivity index (χ2n) is 4.60. The first kappa shape index (κ1) is 17.2. The van der Waals surface area contributed by atoms with Crippen LogP contribution in [0.1, 0.15) is 24.8 Å². The summed E-state index contributed by atoms with van der Waals surface area (Å²) < 4.78 is 0. The minimum absolute atomic E-state index is 0.122. The molecule has 0 saturated heterocycles. The highest BCUT2D eigenvalue weighted by molar-refractivity contribution is 6.42. The summed E-state index contributed by atoms with van der Waals surface area (Å²) >= 11 is 11.9. The van der Waals surface area contributed by atoms with Gasteiger partial charge in [-0.3, -0.25) is 9.69 Å². The predicted molar refractivity (Wildman–Crippen MR) is 80.3 cm³/mol. The number of carboxylic acids is 1. The Morgan fingerprint density at radius 3 is 2.45 bits per heavy atom. The second kappa shape index (κ2) is 9.19. The summed E-state index contributed by atoms with van der Waals surface area (Å²) in [5.74, 6) is -0.790. The number of halogens is 2. The maximum Gasteiger partial charge on any atom is 0.303 e. The fraction of sp³-hybridized carbons (Fsp3) is 0.500. The molecule has 0 spiro atoms. The summed E-state index contributed by atoms with van der Waals surface area (Å²) in [5, 5.41) is 18.6. The van der Waals surface area contributed by atoms with E-state index in [9.17, 15) is 4.79 Å². The fourth-order valence-electron chi connectivity index (χ4n) is 1.91. The van der Waals surface area contributed by atoms with Gasteiger partial charge in [0.15, 0.2) is 0 Å². The molecule has 1 aromatic carbocycles.